The Morgan fingerprint density at radius 3 is 2.59 bits per heavy atom. The minimum Gasteiger partial charge on any atom is -0.481 e. The number of carboxylic acid groups (broad SMARTS) is 1. The van der Waals surface area contributed by atoms with E-state index in [1.807, 2.05) is 6.92 Å². The number of hydrogen-bond acceptors (Lipinski definition) is 3. The van der Waals surface area contributed by atoms with E-state index in [-0.39, 0.29) is 12.6 Å². The fourth-order valence-electron chi connectivity index (χ4n) is 2.27. The number of ether oxygens (including phenoxy) is 1. The number of carbonyl (C=O) groups is 2. The van der Waals surface area contributed by atoms with Gasteiger partial charge in [0.05, 0.1) is 11.5 Å². The number of carbonyl (C=O) groups excluding carboxylic acids is 1. The number of amides is 1. The first-order valence-corrected chi connectivity index (χ1v) is 6.10. The van der Waals surface area contributed by atoms with Gasteiger partial charge in [-0.05, 0) is 26.7 Å². The first-order valence-electron chi connectivity index (χ1n) is 6.10. The maximum absolute atomic E-state index is 11.7. The summed E-state index contributed by atoms with van der Waals surface area (Å²) in [4.78, 5) is 24.5. The average molecular weight is 243 g/mol. The minimum absolute atomic E-state index is 0.173. The number of likely N-dealkylation sites (tertiary alicyclic amines) is 1. The molecule has 1 rings (SSSR count). The van der Waals surface area contributed by atoms with E-state index in [4.69, 9.17) is 4.74 Å². The van der Waals surface area contributed by atoms with Crippen LogP contribution in [0.2, 0.25) is 0 Å². The predicted octanol–water partition coefficient (Wildman–Crippen LogP) is 2.11. The second-order valence-corrected chi connectivity index (χ2v) is 4.94. The van der Waals surface area contributed by atoms with E-state index in [2.05, 4.69) is 0 Å². The summed E-state index contributed by atoms with van der Waals surface area (Å²) in [5, 5.41) is 9.30. The van der Waals surface area contributed by atoms with Gasteiger partial charge < -0.3 is 14.7 Å². The van der Waals surface area contributed by atoms with Crippen molar-refractivity contribution in [2.75, 3.05) is 13.1 Å². The molecule has 0 bridgehead atoms. The Bertz CT molecular complexity index is 303. The molecule has 17 heavy (non-hydrogen) atoms. The number of rotatable bonds is 4. The molecule has 1 saturated heterocycles. The predicted molar refractivity (Wildman–Crippen MR) is 62.8 cm³/mol. The zero-order chi connectivity index (χ0) is 13.1. The van der Waals surface area contributed by atoms with Gasteiger partial charge in [-0.25, -0.2) is 4.79 Å². The molecule has 1 aliphatic heterocycles. The Labute approximate surface area is 102 Å². The van der Waals surface area contributed by atoms with E-state index < -0.39 is 17.5 Å². The molecule has 0 saturated carbocycles. The lowest BCUT2D eigenvalue weighted by Gasteiger charge is -2.24. The molecular weight excluding hydrogens is 222 g/mol. The molecule has 1 atom stereocenters. The zero-order valence-corrected chi connectivity index (χ0v) is 10.7. The number of hydrogen-bond donors (Lipinski definition) is 1. The first kappa shape index (κ1) is 13.8. The Hall–Kier alpha value is -1.26. The monoisotopic (exact) mass is 243 g/mol. The largest absolute Gasteiger partial charge is 0.481 e. The topological polar surface area (TPSA) is 66.8 Å². The second kappa shape index (κ2) is 5.38. The molecule has 5 nitrogen and oxygen atoms in total. The molecule has 0 aromatic rings. The molecule has 0 aromatic carbocycles. The molecule has 98 valence electrons. The Balaban J connectivity index is 2.66. The molecular formula is C12H21NO4. The van der Waals surface area contributed by atoms with Crippen LogP contribution in [0.4, 0.5) is 4.79 Å². The molecule has 1 fully saturated rings. The summed E-state index contributed by atoms with van der Waals surface area (Å²) in [6, 6.07) is 0. The Kier molecular flexibility index (Phi) is 4.37. The summed E-state index contributed by atoms with van der Waals surface area (Å²) in [6.45, 7) is 6.26. The highest BCUT2D eigenvalue weighted by atomic mass is 16.6. The highest BCUT2D eigenvalue weighted by Crippen LogP contribution is 2.35. The summed E-state index contributed by atoms with van der Waals surface area (Å²) < 4.78 is 5.08. The van der Waals surface area contributed by atoms with Gasteiger partial charge in [-0.2, -0.15) is 0 Å². The number of aliphatic carboxylic acids is 1. The van der Waals surface area contributed by atoms with E-state index in [0.29, 0.717) is 19.4 Å². The molecule has 5 heteroatoms. The quantitative estimate of drug-likeness (QED) is 0.821. The third-order valence-electron chi connectivity index (χ3n) is 3.13. The minimum atomic E-state index is -0.806. The van der Waals surface area contributed by atoms with Crippen LogP contribution in [0, 0.1) is 5.41 Å². The standard InChI is InChI=1S/C12H21NO4/c1-4-5-12(10(14)15)6-7-13(8-12)11(16)17-9(2)3/h9H,4-8H2,1-3H3,(H,14,15). The zero-order valence-electron chi connectivity index (χ0n) is 10.7. The van der Waals surface area contributed by atoms with Crippen molar-refractivity contribution in [3.63, 3.8) is 0 Å². The van der Waals surface area contributed by atoms with Gasteiger partial charge >= 0.3 is 12.1 Å². The Morgan fingerprint density at radius 1 is 1.47 bits per heavy atom. The van der Waals surface area contributed by atoms with Gasteiger partial charge in [0.2, 0.25) is 0 Å². The summed E-state index contributed by atoms with van der Waals surface area (Å²) >= 11 is 0. The van der Waals surface area contributed by atoms with Crippen molar-refractivity contribution >= 4 is 12.1 Å². The highest BCUT2D eigenvalue weighted by molar-refractivity contribution is 5.77. The van der Waals surface area contributed by atoms with Crippen LogP contribution in [0.15, 0.2) is 0 Å². The van der Waals surface area contributed by atoms with Crippen LogP contribution < -0.4 is 0 Å². The van der Waals surface area contributed by atoms with Crippen LogP contribution >= 0.6 is 0 Å². The van der Waals surface area contributed by atoms with Gasteiger partial charge in [0.15, 0.2) is 0 Å². The van der Waals surface area contributed by atoms with Gasteiger partial charge in [0, 0.05) is 13.1 Å². The molecule has 1 aliphatic rings. The maximum atomic E-state index is 11.7. The van der Waals surface area contributed by atoms with Crippen molar-refractivity contribution in [1.82, 2.24) is 4.90 Å². The first-order chi connectivity index (χ1) is 7.91. The van der Waals surface area contributed by atoms with Crippen molar-refractivity contribution < 1.29 is 19.4 Å². The normalized spacial score (nSPS) is 24.1. The van der Waals surface area contributed by atoms with E-state index >= 15 is 0 Å². The fourth-order valence-corrected chi connectivity index (χ4v) is 2.27. The van der Waals surface area contributed by atoms with E-state index in [1.54, 1.807) is 13.8 Å². The van der Waals surface area contributed by atoms with E-state index in [1.165, 1.54) is 4.90 Å². The van der Waals surface area contributed by atoms with Gasteiger partial charge in [-0.3, -0.25) is 4.79 Å². The van der Waals surface area contributed by atoms with Crippen molar-refractivity contribution in [3.05, 3.63) is 0 Å². The molecule has 1 heterocycles. The molecule has 1 amide bonds. The average Bonchev–Trinajstić information content (AvgIpc) is 2.63. The smallest absolute Gasteiger partial charge is 0.410 e. The van der Waals surface area contributed by atoms with Gasteiger partial charge in [0.1, 0.15) is 0 Å². The SMILES string of the molecule is CCCC1(C(=O)O)CCN(C(=O)OC(C)C)C1. The molecule has 0 spiro atoms. The third-order valence-corrected chi connectivity index (χ3v) is 3.13. The summed E-state index contributed by atoms with van der Waals surface area (Å²) in [7, 11) is 0. The Morgan fingerprint density at radius 2 is 2.12 bits per heavy atom. The third kappa shape index (κ3) is 3.11. The van der Waals surface area contributed by atoms with Crippen molar-refractivity contribution in [2.45, 2.75) is 46.1 Å². The van der Waals surface area contributed by atoms with Gasteiger partial charge in [-0.1, -0.05) is 13.3 Å². The van der Waals surface area contributed by atoms with Crippen LogP contribution in [0.5, 0.6) is 0 Å². The summed E-state index contributed by atoms with van der Waals surface area (Å²) in [6.07, 6.45) is 1.35. The summed E-state index contributed by atoms with van der Waals surface area (Å²) in [5.41, 5.74) is -0.773. The van der Waals surface area contributed by atoms with Crippen LogP contribution in [0.25, 0.3) is 0 Å². The van der Waals surface area contributed by atoms with Crippen molar-refractivity contribution in [3.8, 4) is 0 Å². The summed E-state index contributed by atoms with van der Waals surface area (Å²) in [5.74, 6) is -0.806. The lowest BCUT2D eigenvalue weighted by Crippen LogP contribution is -2.37. The second-order valence-electron chi connectivity index (χ2n) is 4.94. The molecule has 0 radical (unpaired) electrons. The van der Waals surface area contributed by atoms with Crippen LogP contribution in [-0.4, -0.2) is 41.3 Å². The molecule has 0 aliphatic carbocycles. The van der Waals surface area contributed by atoms with Crippen LogP contribution in [0.3, 0.4) is 0 Å². The van der Waals surface area contributed by atoms with Gasteiger partial charge in [-0.15, -0.1) is 0 Å². The lowest BCUT2D eigenvalue weighted by molar-refractivity contribution is -0.148. The van der Waals surface area contributed by atoms with E-state index in [9.17, 15) is 14.7 Å². The van der Waals surface area contributed by atoms with Crippen LogP contribution in [0.1, 0.15) is 40.0 Å². The molecule has 0 aromatic heterocycles. The van der Waals surface area contributed by atoms with Crippen molar-refractivity contribution in [1.29, 1.82) is 0 Å². The number of carboxylic acids is 1. The fraction of sp³-hybridized carbons (Fsp3) is 0.833. The van der Waals surface area contributed by atoms with Crippen LogP contribution in [-0.2, 0) is 9.53 Å². The molecule has 1 N–H and O–H groups in total. The molecule has 1 unspecified atom stereocenters. The lowest BCUT2D eigenvalue weighted by atomic mass is 9.83. The van der Waals surface area contributed by atoms with E-state index in [0.717, 1.165) is 6.42 Å². The van der Waals surface area contributed by atoms with Crippen molar-refractivity contribution in [2.24, 2.45) is 5.41 Å². The maximum Gasteiger partial charge on any atom is 0.410 e. The number of nitrogens with zero attached hydrogens (tertiary/aromatic N) is 1. The highest BCUT2D eigenvalue weighted by Gasteiger charge is 2.45. The van der Waals surface area contributed by atoms with Gasteiger partial charge in [0.25, 0.3) is 0 Å².